The number of carbonyl (C=O) groups is 2. The third-order valence-electron chi connectivity index (χ3n) is 9.03. The number of nitrogens with zero attached hydrogens (tertiary/aromatic N) is 4. The minimum Gasteiger partial charge on any atom is -0.393 e. The van der Waals surface area contributed by atoms with Crippen LogP contribution in [0.4, 0.5) is 8.78 Å². The quantitative estimate of drug-likeness (QED) is 0.187. The molecule has 2 aromatic carbocycles. The van der Waals surface area contributed by atoms with E-state index in [1.807, 2.05) is 17.2 Å². The van der Waals surface area contributed by atoms with Gasteiger partial charge in [-0.15, -0.1) is 11.3 Å². The van der Waals surface area contributed by atoms with Crippen molar-refractivity contribution in [1.82, 2.24) is 19.9 Å². The topological polar surface area (TPSA) is 96.3 Å². The minimum atomic E-state index is -0.806. The van der Waals surface area contributed by atoms with E-state index >= 15 is 0 Å². The van der Waals surface area contributed by atoms with Crippen molar-refractivity contribution in [3.63, 3.8) is 0 Å². The molecule has 1 amide bonds. The summed E-state index contributed by atoms with van der Waals surface area (Å²) in [6.07, 6.45) is 9.36. The molecule has 2 aromatic heterocycles. The van der Waals surface area contributed by atoms with Crippen LogP contribution in [0.25, 0.3) is 11.3 Å². The molecule has 1 aliphatic heterocycles. The molecule has 2 fully saturated rings. The van der Waals surface area contributed by atoms with Crippen molar-refractivity contribution in [2.75, 3.05) is 6.54 Å². The molecule has 45 heavy (non-hydrogen) atoms. The Bertz CT molecular complexity index is 1650. The number of aliphatic hydroxyl groups is 1. The van der Waals surface area contributed by atoms with Crippen LogP contribution >= 0.6 is 11.3 Å². The minimum absolute atomic E-state index is 0.0193. The monoisotopic (exact) mass is 630 g/mol. The van der Waals surface area contributed by atoms with Gasteiger partial charge in [0, 0.05) is 59.2 Å². The number of likely N-dealkylation sites (tertiary alicyclic amines) is 1. The van der Waals surface area contributed by atoms with E-state index in [4.69, 9.17) is 0 Å². The zero-order valence-electron chi connectivity index (χ0n) is 25.2. The molecule has 1 saturated heterocycles. The van der Waals surface area contributed by atoms with Gasteiger partial charge in [0.15, 0.2) is 5.78 Å². The van der Waals surface area contributed by atoms with Gasteiger partial charge >= 0.3 is 0 Å². The Kier molecular flexibility index (Phi) is 9.42. The Hall–Kier alpha value is -3.89. The summed E-state index contributed by atoms with van der Waals surface area (Å²) in [4.78, 5) is 43.1. The van der Waals surface area contributed by atoms with Crippen molar-refractivity contribution in [2.45, 2.75) is 70.4 Å². The summed E-state index contributed by atoms with van der Waals surface area (Å²) in [7, 11) is 0. The second-order valence-corrected chi connectivity index (χ2v) is 13.2. The number of aryl methyl sites for hydroxylation is 1. The normalized spacial score (nSPS) is 18.3. The molecule has 3 atom stereocenters. The lowest BCUT2D eigenvalue weighted by molar-refractivity contribution is 0.0456. The maximum absolute atomic E-state index is 14.1. The lowest BCUT2D eigenvalue weighted by atomic mass is 9.81. The highest BCUT2D eigenvalue weighted by molar-refractivity contribution is 7.09. The summed E-state index contributed by atoms with van der Waals surface area (Å²) in [5.74, 6) is -2.38. The first-order valence-electron chi connectivity index (χ1n) is 15.6. The SMILES string of the molecule is Cc1csc([C@H]2CCCN2C(=O)c2cc(C(=O)C[C@@H](Cc3cc(F)cc(F)c3)[C@H](O)C3CCCC3)cc(-c3cnccn3)c2)n1. The van der Waals surface area contributed by atoms with Crippen molar-refractivity contribution in [3.05, 3.63) is 99.4 Å². The second kappa shape index (κ2) is 13.6. The number of benzene rings is 2. The zero-order valence-corrected chi connectivity index (χ0v) is 26.0. The highest BCUT2D eigenvalue weighted by atomic mass is 32.1. The number of Topliss-reactive ketones (excluding diaryl/α,β-unsaturated/α-hetero) is 1. The van der Waals surface area contributed by atoms with Crippen LogP contribution in [0.5, 0.6) is 0 Å². The predicted octanol–water partition coefficient (Wildman–Crippen LogP) is 7.15. The highest BCUT2D eigenvalue weighted by Crippen LogP contribution is 2.37. The van der Waals surface area contributed by atoms with Crippen molar-refractivity contribution < 1.29 is 23.5 Å². The molecule has 2 aliphatic rings. The number of hydrogen-bond acceptors (Lipinski definition) is 7. The zero-order chi connectivity index (χ0) is 31.5. The maximum Gasteiger partial charge on any atom is 0.254 e. The number of carbonyl (C=O) groups excluding carboxylic acids is 2. The molecular formula is C35H36F2N4O3S. The molecule has 0 bridgehead atoms. The first kappa shape index (κ1) is 31.1. The fraction of sp³-hybridized carbons (Fsp3) is 0.400. The van der Waals surface area contributed by atoms with Crippen molar-refractivity contribution >= 4 is 23.0 Å². The van der Waals surface area contributed by atoms with Crippen LogP contribution in [0.3, 0.4) is 0 Å². The van der Waals surface area contributed by atoms with Crippen LogP contribution in [0.2, 0.25) is 0 Å². The van der Waals surface area contributed by atoms with E-state index in [-0.39, 0.29) is 36.5 Å². The lowest BCUT2D eigenvalue weighted by Gasteiger charge is -2.28. The Morgan fingerprint density at radius 2 is 1.76 bits per heavy atom. The molecule has 10 heteroatoms. The molecule has 1 saturated carbocycles. The maximum atomic E-state index is 14.1. The largest absolute Gasteiger partial charge is 0.393 e. The summed E-state index contributed by atoms with van der Waals surface area (Å²) in [6.45, 7) is 2.52. The number of amides is 1. The van der Waals surface area contributed by atoms with Crippen LogP contribution in [-0.2, 0) is 6.42 Å². The van der Waals surface area contributed by atoms with Gasteiger partial charge in [-0.1, -0.05) is 12.8 Å². The van der Waals surface area contributed by atoms with Gasteiger partial charge in [-0.25, -0.2) is 13.8 Å². The van der Waals surface area contributed by atoms with E-state index in [9.17, 15) is 23.5 Å². The Labute approximate surface area is 265 Å². The smallest absolute Gasteiger partial charge is 0.254 e. The van der Waals surface area contributed by atoms with Gasteiger partial charge in [-0.05, 0) is 86.8 Å². The molecule has 3 heterocycles. The van der Waals surface area contributed by atoms with Crippen molar-refractivity contribution in [2.24, 2.45) is 11.8 Å². The standard InChI is InChI=1S/C35H36F2N4O3S/c1-21-20-45-34(40-21)31-7-4-10-41(31)35(44)27-15-24(30-19-38-8-9-39-30)14-25(16-27)32(42)17-26(33(43)23-5-2-3-6-23)11-22-12-28(36)18-29(37)13-22/h8-9,12-16,18-20,23,26,31,33,43H,2-7,10-11,17H2,1H3/t26-,31-,33-/m1/s1. The molecule has 7 nitrogen and oxygen atoms in total. The average Bonchev–Trinajstić information content (AvgIpc) is 3.82. The Morgan fingerprint density at radius 3 is 2.44 bits per heavy atom. The van der Waals surface area contributed by atoms with Crippen molar-refractivity contribution in [1.29, 1.82) is 0 Å². The van der Waals surface area contributed by atoms with Gasteiger partial charge in [0.05, 0.1) is 24.0 Å². The molecule has 0 spiro atoms. The third-order valence-corrected chi connectivity index (χ3v) is 10.1. The van der Waals surface area contributed by atoms with E-state index in [1.165, 1.54) is 12.1 Å². The van der Waals surface area contributed by atoms with Crippen LogP contribution in [0.1, 0.15) is 88.0 Å². The first-order valence-corrected chi connectivity index (χ1v) is 16.4. The molecule has 1 aliphatic carbocycles. The lowest BCUT2D eigenvalue weighted by Crippen LogP contribution is -2.32. The summed E-state index contributed by atoms with van der Waals surface area (Å²) in [5, 5.41) is 14.3. The second-order valence-electron chi connectivity index (χ2n) is 12.3. The van der Waals surface area contributed by atoms with E-state index in [0.29, 0.717) is 34.5 Å². The predicted molar refractivity (Wildman–Crippen MR) is 168 cm³/mol. The van der Waals surface area contributed by atoms with Gasteiger partial charge in [0.25, 0.3) is 5.91 Å². The van der Waals surface area contributed by atoms with E-state index in [2.05, 4.69) is 15.0 Å². The van der Waals surface area contributed by atoms with Gasteiger partial charge in [0.2, 0.25) is 0 Å². The Balaban J connectivity index is 1.33. The fourth-order valence-corrected chi connectivity index (χ4v) is 7.79. The van der Waals surface area contributed by atoms with E-state index in [1.54, 1.807) is 48.1 Å². The van der Waals surface area contributed by atoms with Gasteiger partial charge in [-0.2, -0.15) is 0 Å². The molecule has 0 radical (unpaired) electrons. The van der Waals surface area contributed by atoms with Crippen LogP contribution < -0.4 is 0 Å². The average molecular weight is 631 g/mol. The number of aliphatic hydroxyl groups excluding tert-OH is 1. The van der Waals surface area contributed by atoms with E-state index in [0.717, 1.165) is 55.3 Å². The summed E-state index contributed by atoms with van der Waals surface area (Å²) >= 11 is 1.55. The summed E-state index contributed by atoms with van der Waals surface area (Å²) in [5.41, 5.74) is 3.09. The number of hydrogen-bond donors (Lipinski definition) is 1. The number of rotatable bonds is 10. The Morgan fingerprint density at radius 1 is 1.00 bits per heavy atom. The number of aromatic nitrogens is 3. The van der Waals surface area contributed by atoms with Gasteiger partial charge in [-0.3, -0.25) is 19.6 Å². The van der Waals surface area contributed by atoms with Gasteiger partial charge < -0.3 is 10.0 Å². The molecule has 6 rings (SSSR count). The van der Waals surface area contributed by atoms with E-state index < -0.39 is 23.7 Å². The van der Waals surface area contributed by atoms with Gasteiger partial charge in [0.1, 0.15) is 16.6 Å². The molecule has 0 unspecified atom stereocenters. The summed E-state index contributed by atoms with van der Waals surface area (Å²) in [6, 6.07) is 8.25. The molecule has 234 valence electrons. The molecule has 1 N–H and O–H groups in total. The highest BCUT2D eigenvalue weighted by Gasteiger charge is 2.34. The van der Waals surface area contributed by atoms with Crippen molar-refractivity contribution in [3.8, 4) is 11.3 Å². The number of ketones is 1. The molecule has 4 aromatic rings. The summed E-state index contributed by atoms with van der Waals surface area (Å²) < 4.78 is 28.2. The first-order chi connectivity index (χ1) is 21.7. The van der Waals surface area contributed by atoms with Crippen LogP contribution in [0.15, 0.2) is 60.4 Å². The third kappa shape index (κ3) is 7.17. The van der Waals surface area contributed by atoms with Crippen LogP contribution in [0, 0.1) is 30.4 Å². The number of thiazole rings is 1. The molecular weight excluding hydrogens is 594 g/mol. The number of halogens is 2. The fourth-order valence-electron chi connectivity index (χ4n) is 6.85. The van der Waals surface area contributed by atoms with Crippen LogP contribution in [-0.4, -0.2) is 49.3 Å².